The number of benzene rings is 1. The largest absolute Gasteiger partial charge is 0.506 e. The maximum Gasteiger partial charge on any atom is 0.226 e. The molecule has 1 aromatic rings. The van der Waals surface area contributed by atoms with Gasteiger partial charge < -0.3 is 16.2 Å². The number of rotatable bonds is 4. The highest BCUT2D eigenvalue weighted by atomic mass is 16.3. The minimum atomic E-state index is -0.375. The first-order chi connectivity index (χ1) is 9.52. The summed E-state index contributed by atoms with van der Waals surface area (Å²) in [6.07, 6.45) is 6.40. The molecule has 4 nitrogen and oxygen atoms in total. The van der Waals surface area contributed by atoms with E-state index in [1.165, 1.54) is 6.42 Å². The van der Waals surface area contributed by atoms with E-state index >= 15 is 0 Å². The van der Waals surface area contributed by atoms with Crippen LogP contribution in [0.3, 0.4) is 0 Å². The fourth-order valence-electron chi connectivity index (χ4n) is 2.85. The van der Waals surface area contributed by atoms with Gasteiger partial charge >= 0.3 is 0 Å². The Balaban J connectivity index is 2.00. The van der Waals surface area contributed by atoms with Gasteiger partial charge in [0.15, 0.2) is 0 Å². The molecule has 0 aliphatic heterocycles. The molecule has 1 fully saturated rings. The van der Waals surface area contributed by atoms with Crippen molar-refractivity contribution >= 4 is 11.6 Å². The lowest BCUT2D eigenvalue weighted by atomic mass is 9.80. The number of carbonyl (C=O) groups excluding carboxylic acids is 1. The highest BCUT2D eigenvalue weighted by molar-refractivity contribution is 5.93. The maximum absolute atomic E-state index is 12.1. The predicted molar refractivity (Wildman–Crippen MR) is 80.7 cm³/mol. The number of phenolic OH excluding ortho intramolecular Hbond substituents is 1. The van der Waals surface area contributed by atoms with E-state index in [1.54, 1.807) is 6.07 Å². The number of phenols is 1. The lowest BCUT2D eigenvalue weighted by Crippen LogP contribution is -2.44. The fraction of sp³-hybridized carbons (Fsp3) is 0.562. The molecule has 0 atom stereocenters. The summed E-state index contributed by atoms with van der Waals surface area (Å²) in [4.78, 5) is 12.1. The Labute approximate surface area is 120 Å². The second kappa shape index (κ2) is 6.27. The molecule has 2 rings (SSSR count). The second-order valence-electron chi connectivity index (χ2n) is 5.85. The van der Waals surface area contributed by atoms with Gasteiger partial charge in [0.05, 0.1) is 5.69 Å². The molecule has 20 heavy (non-hydrogen) atoms. The number of aryl methyl sites for hydroxylation is 1. The normalized spacial score (nSPS) is 17.7. The van der Waals surface area contributed by atoms with Crippen molar-refractivity contribution in [2.45, 2.75) is 57.4 Å². The average Bonchev–Trinajstić information content (AvgIpc) is 2.41. The molecule has 0 bridgehead atoms. The van der Waals surface area contributed by atoms with E-state index in [0.717, 1.165) is 37.7 Å². The van der Waals surface area contributed by atoms with Gasteiger partial charge in [-0.2, -0.15) is 0 Å². The van der Waals surface area contributed by atoms with E-state index in [2.05, 4.69) is 5.32 Å². The molecule has 0 unspecified atom stereocenters. The summed E-state index contributed by atoms with van der Waals surface area (Å²) in [7, 11) is 0. The molecule has 110 valence electrons. The standard InChI is InChI=1S/C16H24N2O2/c1-2-12-6-7-14(19)13(10-12)18-15(20)11-16(17)8-4-3-5-9-16/h6-7,10,19H,2-5,8-9,11,17H2,1H3,(H,18,20). The summed E-state index contributed by atoms with van der Waals surface area (Å²) in [5.41, 5.74) is 7.47. The van der Waals surface area contributed by atoms with Gasteiger partial charge in [-0.15, -0.1) is 0 Å². The van der Waals surface area contributed by atoms with Crippen molar-refractivity contribution in [1.29, 1.82) is 0 Å². The van der Waals surface area contributed by atoms with Crippen LogP contribution in [0.4, 0.5) is 5.69 Å². The zero-order chi connectivity index (χ0) is 14.6. The fourth-order valence-corrected chi connectivity index (χ4v) is 2.85. The molecule has 1 saturated carbocycles. The van der Waals surface area contributed by atoms with E-state index in [0.29, 0.717) is 12.1 Å². The Morgan fingerprint density at radius 1 is 1.35 bits per heavy atom. The Bertz CT molecular complexity index is 479. The molecule has 0 saturated heterocycles. The first-order valence-corrected chi connectivity index (χ1v) is 7.43. The third-order valence-electron chi connectivity index (χ3n) is 4.11. The topological polar surface area (TPSA) is 75.3 Å². The van der Waals surface area contributed by atoms with Crippen molar-refractivity contribution in [3.8, 4) is 5.75 Å². The molecule has 4 heteroatoms. The van der Waals surface area contributed by atoms with Crippen LogP contribution in [0.1, 0.15) is 51.0 Å². The lowest BCUT2D eigenvalue weighted by Gasteiger charge is -2.32. The van der Waals surface area contributed by atoms with Crippen LogP contribution in [-0.4, -0.2) is 16.6 Å². The lowest BCUT2D eigenvalue weighted by molar-refractivity contribution is -0.117. The molecule has 1 aliphatic rings. The molecule has 4 N–H and O–H groups in total. The SMILES string of the molecule is CCc1ccc(O)c(NC(=O)CC2(N)CCCCC2)c1. The minimum Gasteiger partial charge on any atom is -0.506 e. The van der Waals surface area contributed by atoms with E-state index in [9.17, 15) is 9.90 Å². The van der Waals surface area contributed by atoms with Crippen LogP contribution >= 0.6 is 0 Å². The van der Waals surface area contributed by atoms with Crippen LogP contribution in [0.25, 0.3) is 0 Å². The Morgan fingerprint density at radius 2 is 2.05 bits per heavy atom. The monoisotopic (exact) mass is 276 g/mol. The first kappa shape index (κ1) is 14.9. The van der Waals surface area contributed by atoms with Gasteiger partial charge in [0, 0.05) is 12.0 Å². The van der Waals surface area contributed by atoms with E-state index < -0.39 is 0 Å². The first-order valence-electron chi connectivity index (χ1n) is 7.43. The highest BCUT2D eigenvalue weighted by Crippen LogP contribution is 2.30. The third kappa shape index (κ3) is 3.73. The van der Waals surface area contributed by atoms with Crippen LogP contribution in [0, 0.1) is 0 Å². The Hall–Kier alpha value is -1.55. The highest BCUT2D eigenvalue weighted by Gasteiger charge is 2.30. The summed E-state index contributed by atoms with van der Waals surface area (Å²) < 4.78 is 0. The second-order valence-corrected chi connectivity index (χ2v) is 5.85. The molecule has 0 heterocycles. The number of amides is 1. The number of hydrogen-bond acceptors (Lipinski definition) is 3. The van der Waals surface area contributed by atoms with E-state index in [4.69, 9.17) is 5.73 Å². The van der Waals surface area contributed by atoms with Crippen molar-refractivity contribution < 1.29 is 9.90 Å². The van der Waals surface area contributed by atoms with Gasteiger partial charge in [-0.05, 0) is 37.0 Å². The van der Waals surface area contributed by atoms with Crippen molar-refractivity contribution in [3.05, 3.63) is 23.8 Å². The number of carbonyl (C=O) groups is 1. The molecular formula is C16H24N2O2. The minimum absolute atomic E-state index is 0.102. The predicted octanol–water partition coefficient (Wildman–Crippen LogP) is 2.94. The smallest absolute Gasteiger partial charge is 0.226 e. The summed E-state index contributed by atoms with van der Waals surface area (Å²) >= 11 is 0. The summed E-state index contributed by atoms with van der Waals surface area (Å²) in [6, 6.07) is 5.29. The summed E-state index contributed by atoms with van der Waals surface area (Å²) in [5, 5.41) is 12.6. The van der Waals surface area contributed by atoms with Crippen LogP contribution in [-0.2, 0) is 11.2 Å². The Kier molecular flexibility index (Phi) is 4.65. The van der Waals surface area contributed by atoms with Gasteiger partial charge in [-0.25, -0.2) is 0 Å². The summed E-state index contributed by atoms with van der Waals surface area (Å²) in [5.74, 6) is -0.0109. The van der Waals surface area contributed by atoms with Crippen LogP contribution in [0.15, 0.2) is 18.2 Å². The van der Waals surface area contributed by atoms with Crippen molar-refractivity contribution in [2.75, 3.05) is 5.32 Å². The number of hydrogen-bond donors (Lipinski definition) is 3. The molecule has 1 aromatic carbocycles. The van der Waals surface area contributed by atoms with Gasteiger partial charge in [0.25, 0.3) is 0 Å². The molecule has 0 spiro atoms. The van der Waals surface area contributed by atoms with Crippen LogP contribution in [0.5, 0.6) is 5.75 Å². The average molecular weight is 276 g/mol. The number of nitrogens with two attached hydrogens (primary N) is 1. The number of nitrogens with one attached hydrogen (secondary N) is 1. The van der Waals surface area contributed by atoms with Crippen molar-refractivity contribution in [1.82, 2.24) is 0 Å². The van der Waals surface area contributed by atoms with E-state index in [-0.39, 0.29) is 17.2 Å². The molecule has 0 aromatic heterocycles. The Morgan fingerprint density at radius 3 is 2.70 bits per heavy atom. The maximum atomic E-state index is 12.1. The molecule has 1 aliphatic carbocycles. The molecule has 0 radical (unpaired) electrons. The molecule has 1 amide bonds. The third-order valence-corrected chi connectivity index (χ3v) is 4.11. The van der Waals surface area contributed by atoms with Gasteiger partial charge in [-0.1, -0.05) is 32.3 Å². The van der Waals surface area contributed by atoms with Crippen LogP contribution in [0.2, 0.25) is 0 Å². The quantitative estimate of drug-likeness (QED) is 0.740. The summed E-state index contributed by atoms with van der Waals surface area (Å²) in [6.45, 7) is 2.04. The zero-order valence-electron chi connectivity index (χ0n) is 12.1. The van der Waals surface area contributed by atoms with Gasteiger partial charge in [0.2, 0.25) is 5.91 Å². The van der Waals surface area contributed by atoms with Crippen LogP contribution < -0.4 is 11.1 Å². The van der Waals surface area contributed by atoms with Crippen molar-refractivity contribution in [3.63, 3.8) is 0 Å². The zero-order valence-corrected chi connectivity index (χ0v) is 12.1. The number of aromatic hydroxyl groups is 1. The number of anilines is 1. The van der Waals surface area contributed by atoms with E-state index in [1.807, 2.05) is 19.1 Å². The van der Waals surface area contributed by atoms with Gasteiger partial charge in [-0.3, -0.25) is 4.79 Å². The molecular weight excluding hydrogens is 252 g/mol. The van der Waals surface area contributed by atoms with Crippen molar-refractivity contribution in [2.24, 2.45) is 5.73 Å². The van der Waals surface area contributed by atoms with Gasteiger partial charge in [0.1, 0.15) is 5.75 Å².